The first-order valence-corrected chi connectivity index (χ1v) is 8.93. The van der Waals surface area contributed by atoms with Crippen molar-refractivity contribution < 1.29 is 4.74 Å². The van der Waals surface area contributed by atoms with Crippen molar-refractivity contribution in [1.29, 1.82) is 0 Å². The van der Waals surface area contributed by atoms with E-state index < -0.39 is 0 Å². The van der Waals surface area contributed by atoms with E-state index in [1.807, 2.05) is 6.20 Å². The minimum absolute atomic E-state index is 0.721. The summed E-state index contributed by atoms with van der Waals surface area (Å²) in [4.78, 5) is 7.92. The number of aromatic amines is 1. The molecule has 0 aliphatic carbocycles. The number of nitrogens with two attached hydrogens (primary N) is 1. The molecule has 24 heavy (non-hydrogen) atoms. The van der Waals surface area contributed by atoms with Gasteiger partial charge in [0.05, 0.1) is 12.8 Å². The van der Waals surface area contributed by atoms with Crippen LogP contribution in [0, 0.1) is 6.92 Å². The van der Waals surface area contributed by atoms with Crippen LogP contribution in [0.4, 0.5) is 0 Å². The molecular weight excluding hydrogens is 366 g/mol. The molecule has 0 fully saturated rings. The lowest BCUT2D eigenvalue weighted by atomic mass is 10.00. The number of ether oxygens (including phenoxy) is 1. The summed E-state index contributed by atoms with van der Waals surface area (Å²) in [5.41, 5.74) is 11.5. The standard InChI is InChI=1S/C19H22BrN3O/c1-12-7-15(24-2)9-17-16(5-3-4-6-21)19(23-18(12)17)13-8-14(20)11-22-10-13/h7-11,23H,3-6,21H2,1-2H3. The normalized spacial score (nSPS) is 11.2. The summed E-state index contributed by atoms with van der Waals surface area (Å²) >= 11 is 3.52. The van der Waals surface area contributed by atoms with Crippen LogP contribution in [0.2, 0.25) is 0 Å². The van der Waals surface area contributed by atoms with Crippen LogP contribution >= 0.6 is 15.9 Å². The molecule has 3 rings (SSSR count). The quantitative estimate of drug-likeness (QED) is 0.607. The minimum atomic E-state index is 0.721. The number of halogens is 1. The molecule has 0 radical (unpaired) electrons. The maximum Gasteiger partial charge on any atom is 0.119 e. The third-order valence-electron chi connectivity index (χ3n) is 4.30. The second-order valence-electron chi connectivity index (χ2n) is 5.98. The maximum atomic E-state index is 5.68. The lowest BCUT2D eigenvalue weighted by Crippen LogP contribution is -1.99. The predicted molar refractivity (Wildman–Crippen MR) is 103 cm³/mol. The summed E-state index contributed by atoms with van der Waals surface area (Å²) in [7, 11) is 1.71. The molecule has 3 N–H and O–H groups in total. The molecule has 4 nitrogen and oxygen atoms in total. The van der Waals surface area contributed by atoms with E-state index in [2.05, 4.69) is 51.0 Å². The van der Waals surface area contributed by atoms with Crippen LogP contribution in [0.5, 0.6) is 5.75 Å². The first kappa shape index (κ1) is 17.0. The molecule has 0 bridgehead atoms. The fourth-order valence-electron chi connectivity index (χ4n) is 3.11. The third-order valence-corrected chi connectivity index (χ3v) is 4.73. The monoisotopic (exact) mass is 387 g/mol. The molecule has 0 aliphatic heterocycles. The van der Waals surface area contributed by atoms with Gasteiger partial charge in [-0.3, -0.25) is 4.98 Å². The molecule has 3 aromatic rings. The molecule has 1 aromatic carbocycles. The molecule has 0 amide bonds. The number of hydrogen-bond acceptors (Lipinski definition) is 3. The predicted octanol–water partition coefficient (Wildman–Crippen LogP) is 4.59. The third kappa shape index (κ3) is 3.32. The SMILES string of the molecule is COc1cc(C)c2[nH]c(-c3cncc(Br)c3)c(CCCCN)c2c1. The number of fused-ring (bicyclic) bond motifs is 1. The van der Waals surface area contributed by atoms with E-state index in [0.29, 0.717) is 0 Å². The van der Waals surface area contributed by atoms with Gasteiger partial charge in [0.1, 0.15) is 5.75 Å². The number of nitrogens with zero attached hydrogens (tertiary/aromatic N) is 1. The second-order valence-corrected chi connectivity index (χ2v) is 6.90. The Bertz CT molecular complexity index is 857. The highest BCUT2D eigenvalue weighted by atomic mass is 79.9. The van der Waals surface area contributed by atoms with E-state index in [1.165, 1.54) is 16.5 Å². The van der Waals surface area contributed by atoms with Gasteiger partial charge in [-0.15, -0.1) is 0 Å². The summed E-state index contributed by atoms with van der Waals surface area (Å²) in [5, 5.41) is 1.22. The number of H-pyrrole nitrogens is 1. The Balaban J connectivity index is 2.19. The van der Waals surface area contributed by atoms with Gasteiger partial charge in [0.2, 0.25) is 0 Å². The van der Waals surface area contributed by atoms with E-state index in [4.69, 9.17) is 10.5 Å². The summed E-state index contributed by atoms with van der Waals surface area (Å²) in [6.45, 7) is 2.83. The van der Waals surface area contributed by atoms with E-state index in [9.17, 15) is 0 Å². The highest BCUT2D eigenvalue weighted by molar-refractivity contribution is 9.10. The van der Waals surface area contributed by atoms with Crippen LogP contribution in [-0.2, 0) is 6.42 Å². The highest BCUT2D eigenvalue weighted by Crippen LogP contribution is 2.35. The van der Waals surface area contributed by atoms with E-state index in [0.717, 1.165) is 52.8 Å². The van der Waals surface area contributed by atoms with Gasteiger partial charge in [0.25, 0.3) is 0 Å². The molecule has 0 saturated heterocycles. The Morgan fingerprint density at radius 2 is 2.04 bits per heavy atom. The Morgan fingerprint density at radius 1 is 1.21 bits per heavy atom. The van der Waals surface area contributed by atoms with Crippen molar-refractivity contribution in [3.8, 4) is 17.0 Å². The van der Waals surface area contributed by atoms with Crippen molar-refractivity contribution in [3.63, 3.8) is 0 Å². The smallest absolute Gasteiger partial charge is 0.119 e. The van der Waals surface area contributed by atoms with Crippen LogP contribution in [0.1, 0.15) is 24.0 Å². The van der Waals surface area contributed by atoms with Crippen LogP contribution in [0.25, 0.3) is 22.2 Å². The molecule has 0 aliphatic rings. The Labute approximate surface area is 150 Å². The van der Waals surface area contributed by atoms with Crippen molar-refractivity contribution in [2.75, 3.05) is 13.7 Å². The first-order chi connectivity index (χ1) is 11.6. The average Bonchev–Trinajstić information content (AvgIpc) is 2.94. The average molecular weight is 388 g/mol. The molecule has 0 spiro atoms. The number of aromatic nitrogens is 2. The zero-order valence-electron chi connectivity index (χ0n) is 14.0. The number of pyridine rings is 1. The van der Waals surface area contributed by atoms with E-state index in [-0.39, 0.29) is 0 Å². The number of rotatable bonds is 6. The Morgan fingerprint density at radius 3 is 2.75 bits per heavy atom. The zero-order valence-corrected chi connectivity index (χ0v) is 15.6. The van der Waals surface area contributed by atoms with Gasteiger partial charge in [-0.2, -0.15) is 0 Å². The molecular formula is C19H22BrN3O. The first-order valence-electron chi connectivity index (χ1n) is 8.14. The second kappa shape index (κ2) is 7.36. The van der Waals surface area contributed by atoms with Crippen LogP contribution in [0.3, 0.4) is 0 Å². The summed E-state index contributed by atoms with van der Waals surface area (Å²) in [6, 6.07) is 6.27. The van der Waals surface area contributed by atoms with E-state index >= 15 is 0 Å². The fraction of sp³-hybridized carbons (Fsp3) is 0.316. The summed E-state index contributed by atoms with van der Waals surface area (Å²) < 4.78 is 6.44. The Kier molecular flexibility index (Phi) is 5.21. The van der Waals surface area contributed by atoms with Crippen molar-refractivity contribution in [2.24, 2.45) is 5.73 Å². The molecule has 0 saturated carbocycles. The summed E-state index contributed by atoms with van der Waals surface area (Å²) in [5.74, 6) is 0.887. The van der Waals surface area contributed by atoms with E-state index in [1.54, 1.807) is 13.3 Å². The number of nitrogens with one attached hydrogen (secondary N) is 1. The van der Waals surface area contributed by atoms with Gasteiger partial charge in [0.15, 0.2) is 0 Å². The van der Waals surface area contributed by atoms with Crippen molar-refractivity contribution in [3.05, 3.63) is 46.2 Å². The maximum absolute atomic E-state index is 5.68. The number of methoxy groups -OCH3 is 1. The zero-order chi connectivity index (χ0) is 17.1. The van der Waals surface area contributed by atoms with Crippen LogP contribution in [-0.4, -0.2) is 23.6 Å². The lowest BCUT2D eigenvalue weighted by Gasteiger charge is -2.06. The number of aryl methyl sites for hydroxylation is 2. The van der Waals surface area contributed by atoms with Crippen molar-refractivity contribution in [1.82, 2.24) is 9.97 Å². The molecule has 2 aromatic heterocycles. The minimum Gasteiger partial charge on any atom is -0.497 e. The van der Waals surface area contributed by atoms with Gasteiger partial charge in [-0.05, 0) is 78.0 Å². The van der Waals surface area contributed by atoms with Gasteiger partial charge in [-0.1, -0.05) is 0 Å². The number of unbranched alkanes of at least 4 members (excludes halogenated alkanes) is 1. The van der Waals surface area contributed by atoms with Gasteiger partial charge < -0.3 is 15.5 Å². The molecule has 0 unspecified atom stereocenters. The Hall–Kier alpha value is -1.85. The summed E-state index contributed by atoms with van der Waals surface area (Å²) in [6.07, 6.45) is 6.76. The molecule has 126 valence electrons. The van der Waals surface area contributed by atoms with Crippen LogP contribution in [0.15, 0.2) is 35.1 Å². The topological polar surface area (TPSA) is 63.9 Å². The van der Waals surface area contributed by atoms with Gasteiger partial charge >= 0.3 is 0 Å². The number of benzene rings is 1. The van der Waals surface area contributed by atoms with Crippen molar-refractivity contribution in [2.45, 2.75) is 26.2 Å². The molecule has 2 heterocycles. The lowest BCUT2D eigenvalue weighted by molar-refractivity contribution is 0.415. The highest BCUT2D eigenvalue weighted by Gasteiger charge is 2.16. The number of hydrogen-bond donors (Lipinski definition) is 2. The van der Waals surface area contributed by atoms with Crippen molar-refractivity contribution >= 4 is 26.8 Å². The fourth-order valence-corrected chi connectivity index (χ4v) is 3.48. The van der Waals surface area contributed by atoms with Gasteiger partial charge in [-0.25, -0.2) is 0 Å². The van der Waals surface area contributed by atoms with Crippen LogP contribution < -0.4 is 10.5 Å². The molecule has 5 heteroatoms. The largest absolute Gasteiger partial charge is 0.497 e. The molecule has 0 atom stereocenters. The van der Waals surface area contributed by atoms with Gasteiger partial charge in [0, 0.05) is 33.3 Å².